The van der Waals surface area contributed by atoms with Crippen molar-refractivity contribution in [2.75, 3.05) is 0 Å². The lowest BCUT2D eigenvalue weighted by Crippen LogP contribution is -2.25. The van der Waals surface area contributed by atoms with Crippen LogP contribution >= 0.6 is 11.6 Å². The van der Waals surface area contributed by atoms with Crippen LogP contribution in [0.2, 0.25) is 5.02 Å². The summed E-state index contributed by atoms with van der Waals surface area (Å²) in [4.78, 5) is 20.9. The molecule has 140 valence electrons. The molecule has 0 bridgehead atoms. The molecule has 28 heavy (non-hydrogen) atoms. The van der Waals surface area contributed by atoms with Crippen molar-refractivity contribution in [3.05, 3.63) is 94.8 Å². The molecule has 0 fully saturated rings. The third-order valence-electron chi connectivity index (χ3n) is 4.46. The molecule has 0 aliphatic carbocycles. The third kappa shape index (κ3) is 3.59. The predicted octanol–water partition coefficient (Wildman–Crippen LogP) is 4.20. The first-order valence-corrected chi connectivity index (χ1v) is 9.06. The molecule has 0 aliphatic rings. The minimum Gasteiger partial charge on any atom is -0.345 e. The van der Waals surface area contributed by atoms with Crippen molar-refractivity contribution in [2.24, 2.45) is 0 Å². The molecule has 4 rings (SSSR count). The van der Waals surface area contributed by atoms with E-state index in [4.69, 9.17) is 11.6 Å². The molecule has 4 aromatic rings. The number of nitrogens with zero attached hydrogens (tertiary/aromatic N) is 3. The van der Waals surface area contributed by atoms with Crippen molar-refractivity contribution >= 4 is 28.5 Å². The molecular formula is C21H16ClFN4O. The maximum Gasteiger partial charge on any atom is 0.251 e. The number of hydrogen-bond acceptors (Lipinski definition) is 3. The maximum absolute atomic E-state index is 14.3. The second-order valence-corrected chi connectivity index (χ2v) is 6.63. The lowest BCUT2D eigenvalue weighted by Gasteiger charge is -2.12. The van der Waals surface area contributed by atoms with E-state index in [0.29, 0.717) is 22.0 Å². The van der Waals surface area contributed by atoms with Gasteiger partial charge in [-0.25, -0.2) is 9.37 Å². The summed E-state index contributed by atoms with van der Waals surface area (Å²) in [5.74, 6) is 0.00454. The Morgan fingerprint density at radius 2 is 1.86 bits per heavy atom. The van der Waals surface area contributed by atoms with Crippen LogP contribution in [0, 0.1) is 5.82 Å². The summed E-state index contributed by atoms with van der Waals surface area (Å²) in [5.41, 5.74) is 2.50. The Balaban J connectivity index is 1.67. The third-order valence-corrected chi connectivity index (χ3v) is 4.82. The number of benzene rings is 2. The highest BCUT2D eigenvalue weighted by Gasteiger charge is 2.15. The molecule has 0 saturated heterocycles. The van der Waals surface area contributed by atoms with Crippen LogP contribution in [0.15, 0.2) is 67.0 Å². The van der Waals surface area contributed by atoms with Gasteiger partial charge < -0.3 is 9.88 Å². The Morgan fingerprint density at radius 3 is 2.64 bits per heavy atom. The standard InChI is InChI=1S/C21H16ClFN4O/c22-16-4-3-5-17(23)15(16)13-27-19-7-2-1-6-18(19)26-20(27)12-25-21(28)14-8-10-24-11-9-14/h1-11H,12-13H2,(H,25,28). The fraction of sp³-hybridized carbons (Fsp3) is 0.0952. The summed E-state index contributed by atoms with van der Waals surface area (Å²) in [5, 5.41) is 3.21. The zero-order valence-corrected chi connectivity index (χ0v) is 15.5. The summed E-state index contributed by atoms with van der Waals surface area (Å²) in [7, 11) is 0. The first-order chi connectivity index (χ1) is 13.6. The van der Waals surface area contributed by atoms with Gasteiger partial charge >= 0.3 is 0 Å². The van der Waals surface area contributed by atoms with E-state index in [1.165, 1.54) is 6.07 Å². The molecule has 5 nitrogen and oxygen atoms in total. The number of hydrogen-bond donors (Lipinski definition) is 1. The Labute approximate surface area is 165 Å². The van der Waals surface area contributed by atoms with Crippen LogP contribution in [0.3, 0.4) is 0 Å². The van der Waals surface area contributed by atoms with Gasteiger partial charge in [0.25, 0.3) is 5.91 Å². The van der Waals surface area contributed by atoms with Crippen LogP contribution in [0.25, 0.3) is 11.0 Å². The van der Waals surface area contributed by atoms with E-state index in [9.17, 15) is 9.18 Å². The molecule has 1 N–H and O–H groups in total. The Bertz CT molecular complexity index is 1120. The SMILES string of the molecule is O=C(NCc1nc2ccccc2n1Cc1c(F)cccc1Cl)c1ccncc1. The molecule has 7 heteroatoms. The second kappa shape index (κ2) is 7.78. The number of imidazole rings is 1. The number of rotatable bonds is 5. The molecule has 0 aliphatic heterocycles. The van der Waals surface area contributed by atoms with Gasteiger partial charge in [-0.15, -0.1) is 0 Å². The van der Waals surface area contributed by atoms with Crippen LogP contribution in [0.1, 0.15) is 21.7 Å². The number of carbonyl (C=O) groups is 1. The molecule has 0 radical (unpaired) electrons. The van der Waals surface area contributed by atoms with E-state index in [2.05, 4.69) is 15.3 Å². The summed E-state index contributed by atoms with van der Waals surface area (Å²) >= 11 is 6.21. The first kappa shape index (κ1) is 18.1. The van der Waals surface area contributed by atoms with E-state index in [1.807, 2.05) is 28.8 Å². The van der Waals surface area contributed by atoms with E-state index >= 15 is 0 Å². The van der Waals surface area contributed by atoms with Gasteiger partial charge in [0.1, 0.15) is 11.6 Å². The van der Waals surface area contributed by atoms with Gasteiger partial charge in [0.2, 0.25) is 0 Å². The highest BCUT2D eigenvalue weighted by molar-refractivity contribution is 6.31. The van der Waals surface area contributed by atoms with Crippen LogP contribution in [0.5, 0.6) is 0 Å². The van der Waals surface area contributed by atoms with Gasteiger partial charge in [-0.05, 0) is 36.4 Å². The molecule has 0 atom stereocenters. The summed E-state index contributed by atoms with van der Waals surface area (Å²) < 4.78 is 16.2. The van der Waals surface area contributed by atoms with Crippen LogP contribution < -0.4 is 5.32 Å². The first-order valence-electron chi connectivity index (χ1n) is 8.69. The van der Waals surface area contributed by atoms with Crippen LogP contribution in [-0.4, -0.2) is 20.4 Å². The number of carbonyl (C=O) groups excluding carboxylic acids is 1. The zero-order valence-electron chi connectivity index (χ0n) is 14.8. The van der Waals surface area contributed by atoms with Gasteiger partial charge in [0.05, 0.1) is 24.1 Å². The Hall–Kier alpha value is -3.25. The smallest absolute Gasteiger partial charge is 0.251 e. The predicted molar refractivity (Wildman–Crippen MR) is 106 cm³/mol. The summed E-state index contributed by atoms with van der Waals surface area (Å²) in [6.07, 6.45) is 3.12. The van der Waals surface area contributed by atoms with E-state index in [-0.39, 0.29) is 24.8 Å². The van der Waals surface area contributed by atoms with Crippen molar-refractivity contribution in [3.63, 3.8) is 0 Å². The second-order valence-electron chi connectivity index (χ2n) is 6.22. The topological polar surface area (TPSA) is 59.8 Å². The molecule has 1 amide bonds. The van der Waals surface area contributed by atoms with Crippen molar-refractivity contribution < 1.29 is 9.18 Å². The lowest BCUT2D eigenvalue weighted by atomic mass is 10.2. The molecule has 2 heterocycles. The van der Waals surface area contributed by atoms with E-state index in [1.54, 1.807) is 36.7 Å². The summed E-state index contributed by atoms with van der Waals surface area (Å²) in [6, 6.07) is 15.4. The maximum atomic E-state index is 14.3. The highest BCUT2D eigenvalue weighted by atomic mass is 35.5. The molecular weight excluding hydrogens is 379 g/mol. The van der Waals surface area contributed by atoms with Gasteiger partial charge in [-0.2, -0.15) is 0 Å². The number of pyridine rings is 1. The minimum atomic E-state index is -0.378. The monoisotopic (exact) mass is 394 g/mol. The number of fused-ring (bicyclic) bond motifs is 1. The average molecular weight is 395 g/mol. The quantitative estimate of drug-likeness (QED) is 0.551. The number of para-hydroxylation sites is 2. The molecule has 0 spiro atoms. The molecule has 0 saturated carbocycles. The van der Waals surface area contributed by atoms with Crippen LogP contribution in [0.4, 0.5) is 4.39 Å². The zero-order chi connectivity index (χ0) is 19.5. The molecule has 0 unspecified atom stereocenters. The summed E-state index contributed by atoms with van der Waals surface area (Å²) in [6.45, 7) is 0.411. The van der Waals surface area contributed by atoms with Gasteiger partial charge in [-0.1, -0.05) is 29.8 Å². The fourth-order valence-electron chi connectivity index (χ4n) is 3.04. The lowest BCUT2D eigenvalue weighted by molar-refractivity contribution is 0.0949. The van der Waals surface area contributed by atoms with Gasteiger partial charge in [0, 0.05) is 28.5 Å². The minimum absolute atomic E-state index is 0.196. The molecule has 2 aromatic carbocycles. The molecule has 2 aromatic heterocycles. The van der Waals surface area contributed by atoms with Gasteiger partial charge in [-0.3, -0.25) is 9.78 Å². The number of nitrogens with one attached hydrogen (secondary N) is 1. The number of amides is 1. The van der Waals surface area contributed by atoms with E-state index < -0.39 is 0 Å². The highest BCUT2D eigenvalue weighted by Crippen LogP contribution is 2.24. The average Bonchev–Trinajstić information content (AvgIpc) is 3.07. The van der Waals surface area contributed by atoms with Crippen molar-refractivity contribution in [3.8, 4) is 0 Å². The van der Waals surface area contributed by atoms with Crippen molar-refractivity contribution in [1.29, 1.82) is 0 Å². The van der Waals surface area contributed by atoms with Gasteiger partial charge in [0.15, 0.2) is 0 Å². The fourth-order valence-corrected chi connectivity index (χ4v) is 3.27. The number of halogens is 2. The van der Waals surface area contributed by atoms with Crippen LogP contribution in [-0.2, 0) is 13.1 Å². The van der Waals surface area contributed by atoms with Crippen molar-refractivity contribution in [2.45, 2.75) is 13.1 Å². The Kier molecular flexibility index (Phi) is 5.04. The van der Waals surface area contributed by atoms with Crippen molar-refractivity contribution in [1.82, 2.24) is 19.9 Å². The van der Waals surface area contributed by atoms with E-state index in [0.717, 1.165) is 11.0 Å². The number of aromatic nitrogens is 3. The largest absolute Gasteiger partial charge is 0.345 e. The normalized spacial score (nSPS) is 10.9. The Morgan fingerprint density at radius 1 is 1.07 bits per heavy atom.